The van der Waals surface area contributed by atoms with Crippen molar-refractivity contribution in [1.29, 1.82) is 0 Å². The summed E-state index contributed by atoms with van der Waals surface area (Å²) in [6.07, 6.45) is 1.53. The maximum Gasteiger partial charge on any atom is 0.253 e. The normalized spacial score (nSPS) is 17.0. The van der Waals surface area contributed by atoms with E-state index >= 15 is 0 Å². The lowest BCUT2D eigenvalue weighted by atomic mass is 9.96. The Hall–Kier alpha value is -2.53. The van der Waals surface area contributed by atoms with E-state index in [1.165, 1.54) is 0 Å². The molecule has 0 radical (unpaired) electrons. The van der Waals surface area contributed by atoms with E-state index < -0.39 is 0 Å². The SMILES string of the molecule is O=C(NCc1ccccc1O)C1CCCN(C(=O)c2ccc(Cl)cc2)C1. The van der Waals surface area contributed by atoms with Crippen molar-refractivity contribution in [1.82, 2.24) is 10.2 Å². The van der Waals surface area contributed by atoms with Crippen LogP contribution in [-0.2, 0) is 11.3 Å². The van der Waals surface area contributed by atoms with E-state index in [0.29, 0.717) is 29.2 Å². The van der Waals surface area contributed by atoms with Crippen LogP contribution in [0, 0.1) is 5.92 Å². The highest BCUT2D eigenvalue weighted by atomic mass is 35.5. The number of aromatic hydroxyl groups is 1. The molecular formula is C20H21ClN2O3. The topological polar surface area (TPSA) is 69.6 Å². The zero-order chi connectivity index (χ0) is 18.5. The molecule has 5 nitrogen and oxygen atoms in total. The summed E-state index contributed by atoms with van der Waals surface area (Å²) in [5.41, 5.74) is 1.25. The third-order valence-corrected chi connectivity index (χ3v) is 4.87. The molecule has 0 spiro atoms. The first-order valence-electron chi connectivity index (χ1n) is 8.64. The summed E-state index contributed by atoms with van der Waals surface area (Å²) in [5.74, 6) is -0.261. The van der Waals surface area contributed by atoms with Crippen LogP contribution in [0.5, 0.6) is 5.75 Å². The van der Waals surface area contributed by atoms with Gasteiger partial charge in [0.2, 0.25) is 5.91 Å². The lowest BCUT2D eigenvalue weighted by molar-refractivity contribution is -0.126. The number of rotatable bonds is 4. The molecule has 1 unspecified atom stereocenters. The smallest absolute Gasteiger partial charge is 0.253 e. The van der Waals surface area contributed by atoms with Gasteiger partial charge < -0.3 is 15.3 Å². The Morgan fingerprint density at radius 2 is 1.88 bits per heavy atom. The van der Waals surface area contributed by atoms with Crippen molar-refractivity contribution in [2.24, 2.45) is 5.92 Å². The van der Waals surface area contributed by atoms with Crippen LogP contribution < -0.4 is 5.32 Å². The van der Waals surface area contributed by atoms with E-state index in [1.807, 2.05) is 6.07 Å². The van der Waals surface area contributed by atoms with Crippen LogP contribution >= 0.6 is 11.6 Å². The number of hydrogen-bond acceptors (Lipinski definition) is 3. The quantitative estimate of drug-likeness (QED) is 0.865. The number of carbonyl (C=O) groups is 2. The fourth-order valence-corrected chi connectivity index (χ4v) is 3.26. The van der Waals surface area contributed by atoms with Gasteiger partial charge in [0, 0.05) is 35.8 Å². The van der Waals surface area contributed by atoms with Crippen molar-refractivity contribution >= 4 is 23.4 Å². The molecule has 0 aromatic heterocycles. The number of benzene rings is 2. The first-order valence-corrected chi connectivity index (χ1v) is 9.02. The van der Waals surface area contributed by atoms with Gasteiger partial charge in [0.25, 0.3) is 5.91 Å². The predicted molar refractivity (Wildman–Crippen MR) is 100 cm³/mol. The number of nitrogens with zero attached hydrogens (tertiary/aromatic N) is 1. The van der Waals surface area contributed by atoms with E-state index in [2.05, 4.69) is 5.32 Å². The number of likely N-dealkylation sites (tertiary alicyclic amines) is 1. The van der Waals surface area contributed by atoms with Crippen molar-refractivity contribution in [2.75, 3.05) is 13.1 Å². The van der Waals surface area contributed by atoms with Gasteiger partial charge in [0.15, 0.2) is 0 Å². The van der Waals surface area contributed by atoms with E-state index in [-0.39, 0.29) is 30.0 Å². The Labute approximate surface area is 157 Å². The number of piperidine rings is 1. The molecule has 2 aromatic rings. The Morgan fingerprint density at radius 3 is 2.62 bits per heavy atom. The van der Waals surface area contributed by atoms with Crippen LogP contribution in [0.25, 0.3) is 0 Å². The second-order valence-corrected chi connectivity index (χ2v) is 6.88. The van der Waals surface area contributed by atoms with Crippen LogP contribution in [0.1, 0.15) is 28.8 Å². The van der Waals surface area contributed by atoms with Crippen molar-refractivity contribution < 1.29 is 14.7 Å². The van der Waals surface area contributed by atoms with E-state index in [0.717, 1.165) is 12.8 Å². The fourth-order valence-electron chi connectivity index (χ4n) is 3.14. The monoisotopic (exact) mass is 372 g/mol. The van der Waals surface area contributed by atoms with Gasteiger partial charge in [-0.15, -0.1) is 0 Å². The average molecular weight is 373 g/mol. The molecule has 0 aliphatic carbocycles. The molecule has 26 heavy (non-hydrogen) atoms. The predicted octanol–water partition coefficient (Wildman–Crippen LogP) is 3.21. The molecule has 1 atom stereocenters. The van der Waals surface area contributed by atoms with Crippen molar-refractivity contribution in [2.45, 2.75) is 19.4 Å². The zero-order valence-corrected chi connectivity index (χ0v) is 15.1. The number of phenols is 1. The Morgan fingerprint density at radius 1 is 1.15 bits per heavy atom. The van der Waals surface area contributed by atoms with Gasteiger partial charge in [-0.05, 0) is 43.2 Å². The molecule has 2 aromatic carbocycles. The second-order valence-electron chi connectivity index (χ2n) is 6.44. The summed E-state index contributed by atoms with van der Waals surface area (Å²) >= 11 is 5.87. The Kier molecular flexibility index (Phi) is 5.78. The molecule has 0 bridgehead atoms. The molecule has 6 heteroatoms. The molecule has 2 N–H and O–H groups in total. The lowest BCUT2D eigenvalue weighted by Crippen LogP contribution is -2.45. The molecule has 136 valence electrons. The first-order chi connectivity index (χ1) is 12.5. The number of hydrogen-bond donors (Lipinski definition) is 2. The minimum atomic E-state index is -0.245. The maximum atomic E-state index is 12.6. The highest BCUT2D eigenvalue weighted by Gasteiger charge is 2.28. The fraction of sp³-hybridized carbons (Fsp3) is 0.300. The van der Waals surface area contributed by atoms with Crippen molar-refractivity contribution in [3.05, 3.63) is 64.7 Å². The van der Waals surface area contributed by atoms with Gasteiger partial charge in [0.1, 0.15) is 5.75 Å². The van der Waals surface area contributed by atoms with Gasteiger partial charge in [-0.1, -0.05) is 29.8 Å². The average Bonchev–Trinajstić information content (AvgIpc) is 2.67. The van der Waals surface area contributed by atoms with Gasteiger partial charge >= 0.3 is 0 Å². The Balaban J connectivity index is 1.59. The lowest BCUT2D eigenvalue weighted by Gasteiger charge is -2.32. The molecule has 1 aliphatic rings. The van der Waals surface area contributed by atoms with Crippen LogP contribution in [0.4, 0.5) is 0 Å². The second kappa shape index (κ2) is 8.23. The summed E-state index contributed by atoms with van der Waals surface area (Å²) in [5, 5.41) is 13.2. The largest absolute Gasteiger partial charge is 0.508 e. The highest BCUT2D eigenvalue weighted by molar-refractivity contribution is 6.30. The number of nitrogens with one attached hydrogen (secondary N) is 1. The van der Waals surface area contributed by atoms with Crippen molar-refractivity contribution in [3.8, 4) is 5.75 Å². The number of amides is 2. The van der Waals surface area contributed by atoms with E-state index in [4.69, 9.17) is 11.6 Å². The van der Waals surface area contributed by atoms with Crippen LogP contribution in [0.2, 0.25) is 5.02 Å². The first kappa shape index (κ1) is 18.3. The summed E-state index contributed by atoms with van der Waals surface area (Å²) in [4.78, 5) is 26.8. The molecule has 3 rings (SSSR count). The molecule has 1 saturated heterocycles. The highest BCUT2D eigenvalue weighted by Crippen LogP contribution is 2.21. The van der Waals surface area contributed by atoms with Gasteiger partial charge in [-0.25, -0.2) is 0 Å². The van der Waals surface area contributed by atoms with Crippen LogP contribution in [0.15, 0.2) is 48.5 Å². The maximum absolute atomic E-state index is 12.6. The van der Waals surface area contributed by atoms with Crippen LogP contribution in [-0.4, -0.2) is 34.9 Å². The molecule has 1 aliphatic heterocycles. The van der Waals surface area contributed by atoms with E-state index in [9.17, 15) is 14.7 Å². The van der Waals surface area contributed by atoms with Gasteiger partial charge in [-0.2, -0.15) is 0 Å². The molecule has 2 amide bonds. The molecule has 1 fully saturated rings. The van der Waals surface area contributed by atoms with Gasteiger partial charge in [-0.3, -0.25) is 9.59 Å². The Bertz CT molecular complexity index is 792. The summed E-state index contributed by atoms with van der Waals surface area (Å²) in [7, 11) is 0. The molecule has 0 saturated carbocycles. The third kappa shape index (κ3) is 4.35. The minimum Gasteiger partial charge on any atom is -0.508 e. The summed E-state index contributed by atoms with van der Waals surface area (Å²) in [6, 6.07) is 13.7. The number of para-hydroxylation sites is 1. The molecular weight excluding hydrogens is 352 g/mol. The molecule has 1 heterocycles. The minimum absolute atomic E-state index is 0.0835. The summed E-state index contributed by atoms with van der Waals surface area (Å²) < 4.78 is 0. The van der Waals surface area contributed by atoms with E-state index in [1.54, 1.807) is 47.4 Å². The van der Waals surface area contributed by atoms with Crippen LogP contribution in [0.3, 0.4) is 0 Å². The zero-order valence-electron chi connectivity index (χ0n) is 14.3. The van der Waals surface area contributed by atoms with Crippen molar-refractivity contribution in [3.63, 3.8) is 0 Å². The standard InChI is InChI=1S/C20H21ClN2O3/c21-17-9-7-14(8-10-17)20(26)23-11-3-5-16(13-23)19(25)22-12-15-4-1-2-6-18(15)24/h1-2,4,6-10,16,24H,3,5,11-13H2,(H,22,25). The summed E-state index contributed by atoms with van der Waals surface area (Å²) in [6.45, 7) is 1.31. The van der Waals surface area contributed by atoms with Gasteiger partial charge in [0.05, 0.1) is 5.92 Å². The number of phenolic OH excluding ortho intramolecular Hbond substituents is 1. The number of halogens is 1. The third-order valence-electron chi connectivity index (χ3n) is 4.62. The number of carbonyl (C=O) groups excluding carboxylic acids is 2.